The average Bonchev–Trinajstić information content (AvgIpc) is 2.95. The Morgan fingerprint density at radius 2 is 1.79 bits per heavy atom. The minimum Gasteiger partial charge on any atom is -0.456 e. The molecule has 24 heavy (non-hydrogen) atoms. The fourth-order valence-corrected chi connectivity index (χ4v) is 3.16. The maximum Gasteiger partial charge on any atom is 0.232 e. The molecule has 0 aliphatic rings. The molecule has 0 radical (unpaired) electrons. The molecule has 0 spiro atoms. The molecule has 3 aromatic rings. The zero-order valence-electron chi connectivity index (χ0n) is 13.7. The molecule has 1 heterocycles. The Morgan fingerprint density at radius 3 is 2.38 bits per heavy atom. The van der Waals surface area contributed by atoms with Crippen molar-refractivity contribution in [3.63, 3.8) is 0 Å². The zero-order valence-corrected chi connectivity index (χ0v) is 14.5. The van der Waals surface area contributed by atoms with Crippen molar-refractivity contribution in [2.45, 2.75) is 13.3 Å². The number of halogens is 1. The molecule has 0 N–H and O–H groups in total. The largest absolute Gasteiger partial charge is 0.456 e. The number of anilines is 1. The van der Waals surface area contributed by atoms with Gasteiger partial charge >= 0.3 is 0 Å². The highest BCUT2D eigenvalue weighted by Gasteiger charge is 2.18. The standard InChI is InChI=1S/C18H18FNO3S/c1-4-12-9-14-10-17(13-5-7-15(19)8-6-13)23-18(14)11-16(12)20(2)24(3,21)22/h5-11H,4H2,1-3H3. The first-order chi connectivity index (χ1) is 11.3. The van der Waals surface area contributed by atoms with Crippen LogP contribution in [-0.2, 0) is 16.4 Å². The highest BCUT2D eigenvalue weighted by Crippen LogP contribution is 2.33. The van der Waals surface area contributed by atoms with Crippen molar-refractivity contribution in [1.29, 1.82) is 0 Å². The fraction of sp³-hybridized carbons (Fsp3) is 0.222. The van der Waals surface area contributed by atoms with E-state index in [-0.39, 0.29) is 5.82 Å². The highest BCUT2D eigenvalue weighted by molar-refractivity contribution is 7.92. The molecule has 0 amide bonds. The highest BCUT2D eigenvalue weighted by atomic mass is 32.2. The van der Waals surface area contributed by atoms with Gasteiger partial charge in [-0.3, -0.25) is 4.31 Å². The molecule has 3 rings (SSSR count). The predicted molar refractivity (Wildman–Crippen MR) is 94.2 cm³/mol. The van der Waals surface area contributed by atoms with E-state index < -0.39 is 10.0 Å². The van der Waals surface area contributed by atoms with E-state index in [0.29, 0.717) is 23.5 Å². The van der Waals surface area contributed by atoms with E-state index in [4.69, 9.17) is 4.42 Å². The summed E-state index contributed by atoms with van der Waals surface area (Å²) in [5.74, 6) is 0.311. The lowest BCUT2D eigenvalue weighted by Gasteiger charge is -2.19. The number of nitrogens with zero attached hydrogens (tertiary/aromatic N) is 1. The summed E-state index contributed by atoms with van der Waals surface area (Å²) in [5.41, 5.74) is 2.88. The normalized spacial score (nSPS) is 11.8. The third kappa shape index (κ3) is 3.01. The van der Waals surface area contributed by atoms with Crippen molar-refractivity contribution in [2.75, 3.05) is 17.6 Å². The van der Waals surface area contributed by atoms with E-state index in [0.717, 1.165) is 16.5 Å². The number of sulfonamides is 1. The minimum atomic E-state index is -3.36. The molecule has 0 saturated heterocycles. The summed E-state index contributed by atoms with van der Waals surface area (Å²) in [5, 5.41) is 0.886. The van der Waals surface area contributed by atoms with Gasteiger partial charge < -0.3 is 4.42 Å². The van der Waals surface area contributed by atoms with Crippen LogP contribution >= 0.6 is 0 Å². The Balaban J connectivity index is 2.15. The van der Waals surface area contributed by atoms with E-state index in [1.54, 1.807) is 18.2 Å². The molecule has 0 aliphatic carbocycles. The minimum absolute atomic E-state index is 0.305. The number of fused-ring (bicyclic) bond motifs is 1. The molecule has 0 aliphatic heterocycles. The molecule has 4 nitrogen and oxygen atoms in total. The third-order valence-electron chi connectivity index (χ3n) is 4.06. The number of hydrogen-bond acceptors (Lipinski definition) is 3. The lowest BCUT2D eigenvalue weighted by molar-refractivity contribution is 0.600. The van der Waals surface area contributed by atoms with Crippen LogP contribution in [0.3, 0.4) is 0 Å². The van der Waals surface area contributed by atoms with Crippen LogP contribution in [0, 0.1) is 5.82 Å². The zero-order chi connectivity index (χ0) is 17.5. The second kappa shape index (κ2) is 5.94. The molecule has 6 heteroatoms. The quantitative estimate of drug-likeness (QED) is 0.711. The van der Waals surface area contributed by atoms with E-state index in [9.17, 15) is 12.8 Å². The van der Waals surface area contributed by atoms with Crippen LogP contribution in [0.15, 0.2) is 46.9 Å². The number of benzene rings is 2. The molecular formula is C18H18FNO3S. The van der Waals surface area contributed by atoms with Crippen molar-refractivity contribution < 1.29 is 17.2 Å². The first-order valence-electron chi connectivity index (χ1n) is 7.56. The maximum absolute atomic E-state index is 13.1. The molecule has 0 unspecified atom stereocenters. The Bertz CT molecular complexity index is 991. The van der Waals surface area contributed by atoms with E-state index in [1.807, 2.05) is 19.1 Å². The van der Waals surface area contributed by atoms with Crippen LogP contribution in [0.2, 0.25) is 0 Å². The summed E-state index contributed by atoms with van der Waals surface area (Å²) >= 11 is 0. The van der Waals surface area contributed by atoms with Gasteiger partial charge in [-0.2, -0.15) is 0 Å². The Morgan fingerprint density at radius 1 is 1.12 bits per heavy atom. The number of rotatable bonds is 4. The number of aryl methyl sites for hydroxylation is 1. The van der Waals surface area contributed by atoms with Crippen LogP contribution in [0.1, 0.15) is 12.5 Å². The average molecular weight is 347 g/mol. The van der Waals surface area contributed by atoms with Gasteiger partial charge in [0.2, 0.25) is 10.0 Å². The summed E-state index contributed by atoms with van der Waals surface area (Å²) in [4.78, 5) is 0. The van der Waals surface area contributed by atoms with Crippen LogP contribution in [-0.4, -0.2) is 21.7 Å². The van der Waals surface area contributed by atoms with Crippen molar-refractivity contribution >= 4 is 26.7 Å². The second-order valence-corrected chi connectivity index (χ2v) is 7.73. The van der Waals surface area contributed by atoms with Crippen molar-refractivity contribution in [3.05, 3.63) is 53.8 Å². The number of hydrogen-bond donors (Lipinski definition) is 0. The third-order valence-corrected chi connectivity index (χ3v) is 5.26. The van der Waals surface area contributed by atoms with Gasteiger partial charge in [-0.25, -0.2) is 12.8 Å². The second-order valence-electron chi connectivity index (χ2n) is 5.72. The lowest BCUT2D eigenvalue weighted by atomic mass is 10.1. The summed E-state index contributed by atoms with van der Waals surface area (Å²) < 4.78 is 43.9. The topological polar surface area (TPSA) is 50.5 Å². The lowest BCUT2D eigenvalue weighted by Crippen LogP contribution is -2.25. The molecule has 126 valence electrons. The van der Waals surface area contributed by atoms with Gasteiger partial charge in [0.25, 0.3) is 0 Å². The number of furan rings is 1. The molecule has 1 aromatic heterocycles. The van der Waals surface area contributed by atoms with Crippen molar-refractivity contribution in [1.82, 2.24) is 0 Å². The van der Waals surface area contributed by atoms with Gasteiger partial charge in [0.05, 0.1) is 11.9 Å². The Kier molecular flexibility index (Phi) is 4.09. The van der Waals surface area contributed by atoms with Crippen LogP contribution in [0.4, 0.5) is 10.1 Å². The van der Waals surface area contributed by atoms with Crippen LogP contribution in [0.25, 0.3) is 22.3 Å². The van der Waals surface area contributed by atoms with Gasteiger partial charge in [0.15, 0.2) is 0 Å². The SMILES string of the molecule is CCc1cc2cc(-c3ccc(F)cc3)oc2cc1N(C)S(C)(=O)=O. The Hall–Kier alpha value is -2.34. The van der Waals surface area contributed by atoms with Gasteiger partial charge in [-0.05, 0) is 48.4 Å². The molecule has 0 atom stereocenters. The smallest absolute Gasteiger partial charge is 0.232 e. The van der Waals surface area contributed by atoms with Gasteiger partial charge in [-0.15, -0.1) is 0 Å². The Labute approximate surface area is 140 Å². The predicted octanol–water partition coefficient (Wildman–Crippen LogP) is 4.20. The van der Waals surface area contributed by atoms with Gasteiger partial charge in [-0.1, -0.05) is 6.92 Å². The summed E-state index contributed by atoms with van der Waals surface area (Å²) in [6, 6.07) is 11.6. The summed E-state index contributed by atoms with van der Waals surface area (Å²) in [6.07, 6.45) is 1.87. The maximum atomic E-state index is 13.1. The van der Waals surface area contributed by atoms with Gasteiger partial charge in [0.1, 0.15) is 17.2 Å². The molecule has 0 fully saturated rings. The monoisotopic (exact) mass is 347 g/mol. The van der Waals surface area contributed by atoms with Gasteiger partial charge in [0, 0.05) is 24.1 Å². The first kappa shape index (κ1) is 16.5. The molecular weight excluding hydrogens is 329 g/mol. The summed E-state index contributed by atoms with van der Waals surface area (Å²) in [6.45, 7) is 1.97. The van der Waals surface area contributed by atoms with E-state index in [1.165, 1.54) is 29.7 Å². The van der Waals surface area contributed by atoms with Crippen LogP contribution in [0.5, 0.6) is 0 Å². The summed E-state index contributed by atoms with van der Waals surface area (Å²) in [7, 11) is -1.83. The van der Waals surface area contributed by atoms with Crippen LogP contribution < -0.4 is 4.31 Å². The molecule has 0 saturated carbocycles. The molecule has 0 bridgehead atoms. The fourth-order valence-electron chi connectivity index (χ4n) is 2.63. The first-order valence-corrected chi connectivity index (χ1v) is 9.40. The van der Waals surface area contributed by atoms with Crippen molar-refractivity contribution in [2.24, 2.45) is 0 Å². The van der Waals surface area contributed by atoms with Crippen molar-refractivity contribution in [3.8, 4) is 11.3 Å². The van der Waals surface area contributed by atoms with E-state index in [2.05, 4.69) is 0 Å². The molecule has 2 aromatic carbocycles. The van der Waals surface area contributed by atoms with E-state index >= 15 is 0 Å².